The van der Waals surface area contributed by atoms with E-state index in [0.29, 0.717) is 13.1 Å². The van der Waals surface area contributed by atoms with Gasteiger partial charge in [-0.25, -0.2) is 0 Å². The lowest BCUT2D eigenvalue weighted by molar-refractivity contribution is -0.134. The maximum absolute atomic E-state index is 12.9. The van der Waals surface area contributed by atoms with Gasteiger partial charge in [0.15, 0.2) is 5.78 Å². The minimum atomic E-state index is -0.0697. The van der Waals surface area contributed by atoms with Crippen LogP contribution >= 0.6 is 11.8 Å². The van der Waals surface area contributed by atoms with Gasteiger partial charge in [0.1, 0.15) is 0 Å². The highest BCUT2D eigenvalue weighted by atomic mass is 32.2. The molecule has 6 heteroatoms. The predicted octanol–water partition coefficient (Wildman–Crippen LogP) is 2.47. The Hall–Kier alpha value is -1.37. The normalized spacial score (nSPS) is 22.0. The Morgan fingerprint density at radius 2 is 1.70 bits per heavy atom. The van der Waals surface area contributed by atoms with Crippen LogP contribution < -0.4 is 0 Å². The van der Waals surface area contributed by atoms with E-state index in [4.69, 9.17) is 0 Å². The number of amides is 1. The standard InChI is InChI=1S/C21H31N3O2S/c1-3-22-11-13-23(14-12-22)16-20(25)24-10-4-5-18(15-24)21(26)17-6-8-19(27-2)9-7-17/h6-9,18H,3-5,10-16H2,1-2H3/t18-/m0/s1. The van der Waals surface area contributed by atoms with Crippen molar-refractivity contribution in [3.05, 3.63) is 29.8 Å². The highest BCUT2D eigenvalue weighted by molar-refractivity contribution is 7.98. The van der Waals surface area contributed by atoms with Gasteiger partial charge in [0.25, 0.3) is 0 Å². The van der Waals surface area contributed by atoms with E-state index < -0.39 is 0 Å². The van der Waals surface area contributed by atoms with Gasteiger partial charge in [-0.15, -0.1) is 11.8 Å². The first-order valence-electron chi connectivity index (χ1n) is 10.0. The summed E-state index contributed by atoms with van der Waals surface area (Å²) in [5.41, 5.74) is 0.766. The minimum absolute atomic E-state index is 0.0697. The Morgan fingerprint density at radius 1 is 1.04 bits per heavy atom. The quantitative estimate of drug-likeness (QED) is 0.552. The molecule has 0 aromatic heterocycles. The maximum atomic E-state index is 12.9. The average Bonchev–Trinajstić information content (AvgIpc) is 2.74. The Bertz CT molecular complexity index is 641. The molecule has 1 atom stereocenters. The van der Waals surface area contributed by atoms with Gasteiger partial charge in [-0.2, -0.15) is 0 Å². The fraction of sp³-hybridized carbons (Fsp3) is 0.619. The Labute approximate surface area is 167 Å². The van der Waals surface area contributed by atoms with E-state index in [1.54, 1.807) is 11.8 Å². The summed E-state index contributed by atoms with van der Waals surface area (Å²) >= 11 is 1.68. The van der Waals surface area contributed by atoms with Crippen LogP contribution in [0, 0.1) is 5.92 Å². The molecule has 3 rings (SSSR count). The molecule has 0 unspecified atom stereocenters. The first-order valence-corrected chi connectivity index (χ1v) is 11.2. The van der Waals surface area contributed by atoms with E-state index in [9.17, 15) is 9.59 Å². The third-order valence-electron chi connectivity index (χ3n) is 5.79. The number of ketones is 1. The number of benzene rings is 1. The predicted molar refractivity (Wildman–Crippen MR) is 110 cm³/mol. The number of likely N-dealkylation sites (tertiary alicyclic amines) is 1. The van der Waals surface area contributed by atoms with E-state index in [0.717, 1.165) is 62.6 Å². The molecule has 2 heterocycles. The summed E-state index contributed by atoms with van der Waals surface area (Å²) in [6.45, 7) is 9.08. The van der Waals surface area contributed by atoms with Gasteiger partial charge in [0.2, 0.25) is 5.91 Å². The number of rotatable bonds is 6. The second-order valence-corrected chi connectivity index (χ2v) is 8.36. The SMILES string of the molecule is CCN1CCN(CC(=O)N2CCC[C@H](C(=O)c3ccc(SC)cc3)C2)CC1. The minimum Gasteiger partial charge on any atom is -0.341 e. The maximum Gasteiger partial charge on any atom is 0.236 e. The van der Waals surface area contributed by atoms with Crippen molar-refractivity contribution in [3.8, 4) is 0 Å². The zero-order valence-electron chi connectivity index (χ0n) is 16.5. The second kappa shape index (κ2) is 9.71. The number of carbonyl (C=O) groups excluding carboxylic acids is 2. The average molecular weight is 390 g/mol. The summed E-state index contributed by atoms with van der Waals surface area (Å²) in [6, 6.07) is 7.84. The lowest BCUT2D eigenvalue weighted by atomic mass is 9.90. The van der Waals surface area contributed by atoms with Crippen LogP contribution in [0.3, 0.4) is 0 Å². The fourth-order valence-corrected chi connectivity index (χ4v) is 4.37. The molecule has 0 bridgehead atoms. The number of hydrogen-bond donors (Lipinski definition) is 0. The number of nitrogens with zero attached hydrogens (tertiary/aromatic N) is 3. The summed E-state index contributed by atoms with van der Waals surface area (Å²) in [5.74, 6) is 0.284. The van der Waals surface area contributed by atoms with Crippen molar-refractivity contribution >= 4 is 23.5 Å². The molecule has 0 N–H and O–H groups in total. The lowest BCUT2D eigenvalue weighted by Crippen LogP contribution is -2.51. The van der Waals surface area contributed by atoms with Crippen LogP contribution in [0.2, 0.25) is 0 Å². The van der Waals surface area contributed by atoms with Crippen molar-refractivity contribution in [3.63, 3.8) is 0 Å². The zero-order chi connectivity index (χ0) is 19.2. The van der Waals surface area contributed by atoms with Crippen LogP contribution in [-0.4, -0.2) is 85.0 Å². The molecule has 1 amide bonds. The molecule has 1 aromatic carbocycles. The van der Waals surface area contributed by atoms with Crippen molar-refractivity contribution < 1.29 is 9.59 Å². The molecule has 2 aliphatic heterocycles. The van der Waals surface area contributed by atoms with Crippen LogP contribution in [0.1, 0.15) is 30.1 Å². The summed E-state index contributed by atoms with van der Waals surface area (Å²) in [7, 11) is 0. The van der Waals surface area contributed by atoms with E-state index in [-0.39, 0.29) is 17.6 Å². The van der Waals surface area contributed by atoms with Crippen molar-refractivity contribution in [1.29, 1.82) is 0 Å². The third kappa shape index (κ3) is 5.33. The summed E-state index contributed by atoms with van der Waals surface area (Å²) in [6.07, 6.45) is 3.82. The van der Waals surface area contributed by atoms with Gasteiger partial charge < -0.3 is 9.80 Å². The number of thioether (sulfide) groups is 1. The summed E-state index contributed by atoms with van der Waals surface area (Å²) < 4.78 is 0. The molecule has 27 heavy (non-hydrogen) atoms. The molecule has 1 aromatic rings. The highest BCUT2D eigenvalue weighted by Gasteiger charge is 2.30. The number of hydrogen-bond acceptors (Lipinski definition) is 5. The van der Waals surface area contributed by atoms with Crippen LogP contribution in [0.15, 0.2) is 29.2 Å². The van der Waals surface area contributed by atoms with Gasteiger partial charge in [0, 0.05) is 55.6 Å². The third-order valence-corrected chi connectivity index (χ3v) is 6.53. The molecule has 0 spiro atoms. The van der Waals surface area contributed by atoms with Crippen LogP contribution in [0.4, 0.5) is 0 Å². The molecule has 0 saturated carbocycles. The van der Waals surface area contributed by atoms with Crippen molar-refractivity contribution in [2.75, 3.05) is 58.6 Å². The molecular formula is C21H31N3O2S. The van der Waals surface area contributed by atoms with Gasteiger partial charge >= 0.3 is 0 Å². The van der Waals surface area contributed by atoms with E-state index in [1.165, 1.54) is 0 Å². The molecule has 2 aliphatic rings. The van der Waals surface area contributed by atoms with E-state index >= 15 is 0 Å². The van der Waals surface area contributed by atoms with Crippen LogP contribution in [0.25, 0.3) is 0 Å². The number of piperidine rings is 1. The van der Waals surface area contributed by atoms with Gasteiger partial charge in [-0.1, -0.05) is 19.1 Å². The molecule has 2 fully saturated rings. The van der Waals surface area contributed by atoms with Gasteiger partial charge in [-0.3, -0.25) is 14.5 Å². The lowest BCUT2D eigenvalue weighted by Gasteiger charge is -2.36. The molecule has 2 saturated heterocycles. The number of piperazine rings is 1. The van der Waals surface area contributed by atoms with E-state index in [2.05, 4.69) is 16.7 Å². The second-order valence-electron chi connectivity index (χ2n) is 7.48. The summed E-state index contributed by atoms with van der Waals surface area (Å²) in [4.78, 5) is 33.4. The number of Topliss-reactive ketones (excluding diaryl/α,β-unsaturated/α-hetero) is 1. The topological polar surface area (TPSA) is 43.9 Å². The van der Waals surface area contributed by atoms with Crippen molar-refractivity contribution in [2.24, 2.45) is 5.92 Å². The Kier molecular flexibility index (Phi) is 7.33. The Morgan fingerprint density at radius 3 is 2.33 bits per heavy atom. The van der Waals surface area contributed by atoms with Crippen LogP contribution in [-0.2, 0) is 4.79 Å². The zero-order valence-corrected chi connectivity index (χ0v) is 17.3. The molecule has 0 radical (unpaired) electrons. The molecule has 148 valence electrons. The largest absolute Gasteiger partial charge is 0.341 e. The van der Waals surface area contributed by atoms with E-state index in [1.807, 2.05) is 35.4 Å². The van der Waals surface area contributed by atoms with Crippen molar-refractivity contribution in [1.82, 2.24) is 14.7 Å². The number of carbonyl (C=O) groups is 2. The summed E-state index contributed by atoms with van der Waals surface area (Å²) in [5, 5.41) is 0. The smallest absolute Gasteiger partial charge is 0.236 e. The molecule has 0 aliphatic carbocycles. The monoisotopic (exact) mass is 389 g/mol. The molecule has 5 nitrogen and oxygen atoms in total. The fourth-order valence-electron chi connectivity index (χ4n) is 3.96. The molecular weight excluding hydrogens is 358 g/mol. The van der Waals surface area contributed by atoms with Crippen LogP contribution in [0.5, 0.6) is 0 Å². The van der Waals surface area contributed by atoms with Gasteiger partial charge in [-0.05, 0) is 37.8 Å². The number of likely N-dealkylation sites (N-methyl/N-ethyl adjacent to an activating group) is 1. The first-order chi connectivity index (χ1) is 13.1. The first kappa shape index (κ1) is 20.4. The Balaban J connectivity index is 1.53. The van der Waals surface area contributed by atoms with Crippen molar-refractivity contribution in [2.45, 2.75) is 24.7 Å². The van der Waals surface area contributed by atoms with Gasteiger partial charge in [0.05, 0.1) is 6.54 Å². The highest BCUT2D eigenvalue weighted by Crippen LogP contribution is 2.23.